The molecule has 1 aromatic rings. The number of carboxylic acid groups (broad SMARTS) is 2. The highest BCUT2D eigenvalue weighted by atomic mass is 16.4. The molecule has 1 heterocycles. The standard InChI is InChI=1S/C24H33N5O8/c25-19(30)10-8-16(27-21(33)15-7-4-12-26-15)22(34)28-17(9-11-20(31)32)23(35)29-18(24(36)37)13-14-5-2-1-3-6-14/h1-3,5-6,15-18,26H,4,7-13H2,(H2,25,30)(H,27,33)(H,28,34)(H,29,35)(H,31,32)(H,36,37). The highest BCUT2D eigenvalue weighted by molar-refractivity contribution is 5.94. The van der Waals surface area contributed by atoms with E-state index in [1.165, 1.54) is 0 Å². The first kappa shape index (κ1) is 29.2. The van der Waals surface area contributed by atoms with Crippen LogP contribution in [0.5, 0.6) is 0 Å². The van der Waals surface area contributed by atoms with Gasteiger partial charge in [0.05, 0.1) is 6.04 Å². The molecule has 4 atom stereocenters. The lowest BCUT2D eigenvalue weighted by Gasteiger charge is -2.25. The van der Waals surface area contributed by atoms with Gasteiger partial charge in [-0.05, 0) is 37.8 Å². The van der Waals surface area contributed by atoms with E-state index in [0.29, 0.717) is 18.5 Å². The maximum Gasteiger partial charge on any atom is 0.326 e. The fraction of sp³-hybridized carbons (Fsp3) is 0.500. The van der Waals surface area contributed by atoms with Gasteiger partial charge in [0.1, 0.15) is 18.1 Å². The average molecular weight is 520 g/mol. The van der Waals surface area contributed by atoms with Crippen molar-refractivity contribution in [3.8, 4) is 0 Å². The monoisotopic (exact) mass is 519 g/mol. The zero-order valence-electron chi connectivity index (χ0n) is 20.3. The minimum atomic E-state index is -1.40. The second kappa shape index (κ2) is 14.5. The highest BCUT2D eigenvalue weighted by Crippen LogP contribution is 2.09. The molecule has 0 saturated carbocycles. The third kappa shape index (κ3) is 10.3. The summed E-state index contributed by atoms with van der Waals surface area (Å²) in [5.74, 6) is -5.41. The van der Waals surface area contributed by atoms with Gasteiger partial charge in [0.15, 0.2) is 0 Å². The van der Waals surface area contributed by atoms with Crippen LogP contribution in [0.1, 0.15) is 44.1 Å². The van der Waals surface area contributed by atoms with Gasteiger partial charge in [0.25, 0.3) is 0 Å². The summed E-state index contributed by atoms with van der Waals surface area (Å²) in [6, 6.07) is 4.10. The van der Waals surface area contributed by atoms with E-state index in [-0.39, 0.29) is 25.7 Å². The number of benzene rings is 1. The van der Waals surface area contributed by atoms with Crippen molar-refractivity contribution < 1.29 is 39.0 Å². The Morgan fingerprint density at radius 3 is 2.03 bits per heavy atom. The SMILES string of the molecule is NC(=O)CCC(NC(=O)C1CCCN1)C(=O)NC(CCC(=O)O)C(=O)NC(Cc1ccccc1)C(=O)O. The fourth-order valence-electron chi connectivity index (χ4n) is 3.87. The van der Waals surface area contributed by atoms with Crippen molar-refractivity contribution in [2.24, 2.45) is 5.73 Å². The molecular weight excluding hydrogens is 486 g/mol. The van der Waals surface area contributed by atoms with Crippen LogP contribution in [0.4, 0.5) is 0 Å². The fourth-order valence-corrected chi connectivity index (χ4v) is 3.87. The van der Waals surface area contributed by atoms with E-state index < -0.39 is 66.2 Å². The molecule has 202 valence electrons. The zero-order chi connectivity index (χ0) is 27.4. The smallest absolute Gasteiger partial charge is 0.326 e. The number of carbonyl (C=O) groups is 6. The molecule has 37 heavy (non-hydrogen) atoms. The summed E-state index contributed by atoms with van der Waals surface area (Å²) in [4.78, 5) is 72.7. The molecule has 0 aromatic heterocycles. The molecule has 1 saturated heterocycles. The molecule has 0 radical (unpaired) electrons. The van der Waals surface area contributed by atoms with Gasteiger partial charge in [0, 0.05) is 19.3 Å². The second-order valence-corrected chi connectivity index (χ2v) is 8.80. The van der Waals surface area contributed by atoms with E-state index in [1.807, 2.05) is 0 Å². The zero-order valence-corrected chi connectivity index (χ0v) is 20.3. The number of amides is 4. The van der Waals surface area contributed by atoms with Crippen LogP contribution in [0.25, 0.3) is 0 Å². The number of nitrogens with two attached hydrogens (primary N) is 1. The Balaban J connectivity index is 2.14. The van der Waals surface area contributed by atoms with Gasteiger partial charge >= 0.3 is 11.9 Å². The third-order valence-corrected chi connectivity index (χ3v) is 5.87. The van der Waals surface area contributed by atoms with Crippen LogP contribution in [0, 0.1) is 0 Å². The van der Waals surface area contributed by atoms with Crippen LogP contribution in [0.2, 0.25) is 0 Å². The number of nitrogens with one attached hydrogen (secondary N) is 4. The lowest BCUT2D eigenvalue weighted by molar-refractivity contribution is -0.143. The van der Waals surface area contributed by atoms with Gasteiger partial charge < -0.3 is 37.2 Å². The van der Waals surface area contributed by atoms with Crippen LogP contribution in [-0.2, 0) is 35.2 Å². The first-order valence-electron chi connectivity index (χ1n) is 12.0. The first-order valence-corrected chi connectivity index (χ1v) is 12.0. The molecule has 0 bridgehead atoms. The van der Waals surface area contributed by atoms with Crippen molar-refractivity contribution in [2.75, 3.05) is 6.54 Å². The number of hydrogen-bond acceptors (Lipinski definition) is 7. The summed E-state index contributed by atoms with van der Waals surface area (Å²) in [7, 11) is 0. The molecule has 2 rings (SSSR count). The molecule has 1 aromatic carbocycles. The van der Waals surface area contributed by atoms with Crippen LogP contribution in [0.15, 0.2) is 30.3 Å². The number of primary amides is 1. The van der Waals surface area contributed by atoms with Gasteiger partial charge in [-0.3, -0.25) is 24.0 Å². The van der Waals surface area contributed by atoms with Gasteiger partial charge in [0.2, 0.25) is 23.6 Å². The van der Waals surface area contributed by atoms with E-state index in [1.54, 1.807) is 30.3 Å². The largest absolute Gasteiger partial charge is 0.481 e. The lowest BCUT2D eigenvalue weighted by atomic mass is 10.0. The van der Waals surface area contributed by atoms with Crippen LogP contribution in [-0.4, -0.2) is 76.5 Å². The molecule has 1 aliphatic rings. The molecule has 1 aliphatic heterocycles. The van der Waals surface area contributed by atoms with Crippen molar-refractivity contribution >= 4 is 35.6 Å². The van der Waals surface area contributed by atoms with Gasteiger partial charge in [-0.1, -0.05) is 30.3 Å². The van der Waals surface area contributed by atoms with Crippen LogP contribution in [0.3, 0.4) is 0 Å². The average Bonchev–Trinajstić information content (AvgIpc) is 3.39. The van der Waals surface area contributed by atoms with Crippen molar-refractivity contribution in [1.29, 1.82) is 0 Å². The predicted molar refractivity (Wildman–Crippen MR) is 130 cm³/mol. The Morgan fingerprint density at radius 2 is 1.49 bits per heavy atom. The molecule has 13 nitrogen and oxygen atoms in total. The Labute approximate surface area is 213 Å². The van der Waals surface area contributed by atoms with Gasteiger partial charge in [-0.15, -0.1) is 0 Å². The molecule has 4 unspecified atom stereocenters. The molecular formula is C24H33N5O8. The number of carboxylic acids is 2. The van der Waals surface area contributed by atoms with E-state index in [9.17, 15) is 33.9 Å². The molecule has 0 spiro atoms. The lowest BCUT2D eigenvalue weighted by Crippen LogP contribution is -2.57. The summed E-state index contributed by atoms with van der Waals surface area (Å²) in [6.07, 6.45) is 0.135. The van der Waals surface area contributed by atoms with Crippen molar-refractivity contribution in [3.05, 3.63) is 35.9 Å². The predicted octanol–water partition coefficient (Wildman–Crippen LogP) is -1.35. The van der Waals surface area contributed by atoms with Gasteiger partial charge in [-0.25, -0.2) is 4.79 Å². The second-order valence-electron chi connectivity index (χ2n) is 8.80. The molecule has 8 N–H and O–H groups in total. The summed E-state index contributed by atoms with van der Waals surface area (Å²) in [5.41, 5.74) is 5.84. The van der Waals surface area contributed by atoms with Crippen molar-refractivity contribution in [2.45, 2.75) is 69.1 Å². The minimum absolute atomic E-state index is 0.0345. The summed E-state index contributed by atoms with van der Waals surface area (Å²) in [6.45, 7) is 0.640. The van der Waals surface area contributed by atoms with Crippen molar-refractivity contribution in [1.82, 2.24) is 21.3 Å². The van der Waals surface area contributed by atoms with E-state index in [2.05, 4.69) is 21.3 Å². The minimum Gasteiger partial charge on any atom is -0.481 e. The van der Waals surface area contributed by atoms with Gasteiger partial charge in [-0.2, -0.15) is 0 Å². The first-order chi connectivity index (χ1) is 17.6. The molecule has 4 amide bonds. The Hall–Kier alpha value is -4.00. The third-order valence-electron chi connectivity index (χ3n) is 5.87. The van der Waals surface area contributed by atoms with Crippen LogP contribution < -0.4 is 27.0 Å². The summed E-state index contributed by atoms with van der Waals surface area (Å²) < 4.78 is 0. The Bertz CT molecular complexity index is 981. The summed E-state index contributed by atoms with van der Waals surface area (Å²) in [5, 5.41) is 29.0. The normalized spacial score (nSPS) is 17.1. The number of aliphatic carboxylic acids is 2. The number of hydrogen-bond donors (Lipinski definition) is 7. The van der Waals surface area contributed by atoms with E-state index in [0.717, 1.165) is 6.42 Å². The molecule has 1 fully saturated rings. The number of carbonyl (C=O) groups excluding carboxylic acids is 4. The molecule has 13 heteroatoms. The van der Waals surface area contributed by atoms with Crippen molar-refractivity contribution in [3.63, 3.8) is 0 Å². The maximum atomic E-state index is 13.0. The van der Waals surface area contributed by atoms with E-state index >= 15 is 0 Å². The topological polar surface area (TPSA) is 217 Å². The maximum absolute atomic E-state index is 13.0. The quantitative estimate of drug-likeness (QED) is 0.145. The Kier molecular flexibility index (Phi) is 11.5. The Morgan fingerprint density at radius 1 is 0.892 bits per heavy atom. The number of rotatable bonds is 15. The van der Waals surface area contributed by atoms with E-state index in [4.69, 9.17) is 10.8 Å². The van der Waals surface area contributed by atoms with Crippen LogP contribution >= 0.6 is 0 Å². The highest BCUT2D eigenvalue weighted by Gasteiger charge is 2.32. The summed E-state index contributed by atoms with van der Waals surface area (Å²) >= 11 is 0. The molecule has 0 aliphatic carbocycles.